The third-order valence-electron chi connectivity index (χ3n) is 3.72. The van der Waals surface area contributed by atoms with E-state index in [9.17, 15) is 9.90 Å². The second-order valence-electron chi connectivity index (χ2n) is 5.22. The first-order valence-electron chi connectivity index (χ1n) is 7.13. The van der Waals surface area contributed by atoms with Gasteiger partial charge in [-0.15, -0.1) is 0 Å². The summed E-state index contributed by atoms with van der Waals surface area (Å²) in [7, 11) is 0. The molecular formula is C15H19NO5. The van der Waals surface area contributed by atoms with Crippen LogP contribution < -0.4 is 9.47 Å². The highest BCUT2D eigenvalue weighted by atomic mass is 16.5. The standard InChI is InChI=1S/C15H19NO5/c1-10(15(18)16-4-6-19-7-5-16)21-11-2-3-12-13(17)9-20-14(12)8-11/h2-3,8,10,13,17H,4-7,9H2,1H3. The zero-order chi connectivity index (χ0) is 14.8. The third kappa shape index (κ3) is 2.96. The Bertz CT molecular complexity index is 527. The minimum atomic E-state index is -0.582. The SMILES string of the molecule is CC(Oc1ccc2c(c1)OCC2O)C(=O)N1CCOCC1. The summed E-state index contributed by atoms with van der Waals surface area (Å²) < 4.78 is 16.3. The van der Waals surface area contributed by atoms with Crippen molar-refractivity contribution in [3.8, 4) is 11.5 Å². The van der Waals surface area contributed by atoms with E-state index in [0.29, 0.717) is 37.8 Å². The summed E-state index contributed by atoms with van der Waals surface area (Å²) in [5, 5.41) is 9.67. The molecule has 2 aliphatic rings. The van der Waals surface area contributed by atoms with E-state index in [-0.39, 0.29) is 12.5 Å². The average Bonchev–Trinajstić information content (AvgIpc) is 2.88. The van der Waals surface area contributed by atoms with Gasteiger partial charge in [-0.2, -0.15) is 0 Å². The lowest BCUT2D eigenvalue weighted by molar-refractivity contribution is -0.142. The second kappa shape index (κ2) is 5.91. The fourth-order valence-electron chi connectivity index (χ4n) is 2.54. The molecule has 21 heavy (non-hydrogen) atoms. The first-order chi connectivity index (χ1) is 10.1. The summed E-state index contributed by atoms with van der Waals surface area (Å²) in [5.74, 6) is 1.14. The summed E-state index contributed by atoms with van der Waals surface area (Å²) in [6.45, 7) is 4.35. The molecule has 0 aromatic heterocycles. The Hall–Kier alpha value is -1.79. The number of hydrogen-bond donors (Lipinski definition) is 1. The molecule has 0 bridgehead atoms. The molecule has 1 saturated heterocycles. The monoisotopic (exact) mass is 293 g/mol. The van der Waals surface area contributed by atoms with Crippen molar-refractivity contribution in [3.05, 3.63) is 23.8 Å². The van der Waals surface area contributed by atoms with Gasteiger partial charge in [-0.3, -0.25) is 4.79 Å². The number of morpholine rings is 1. The summed E-state index contributed by atoms with van der Waals surface area (Å²) in [6.07, 6.45) is -1.14. The number of hydrogen-bond acceptors (Lipinski definition) is 5. The Balaban J connectivity index is 1.64. The van der Waals surface area contributed by atoms with Gasteiger partial charge in [0, 0.05) is 24.7 Å². The first kappa shape index (κ1) is 14.2. The van der Waals surface area contributed by atoms with Crippen LogP contribution in [-0.4, -0.2) is 54.9 Å². The fraction of sp³-hybridized carbons (Fsp3) is 0.533. The number of nitrogens with zero attached hydrogens (tertiary/aromatic N) is 1. The average molecular weight is 293 g/mol. The Morgan fingerprint density at radius 3 is 2.95 bits per heavy atom. The van der Waals surface area contributed by atoms with Gasteiger partial charge >= 0.3 is 0 Å². The van der Waals surface area contributed by atoms with E-state index in [1.165, 1.54) is 0 Å². The molecule has 1 amide bonds. The van der Waals surface area contributed by atoms with E-state index in [2.05, 4.69) is 0 Å². The van der Waals surface area contributed by atoms with Gasteiger partial charge in [-0.25, -0.2) is 0 Å². The van der Waals surface area contributed by atoms with Crippen molar-refractivity contribution in [2.24, 2.45) is 0 Å². The molecule has 1 fully saturated rings. The molecule has 0 saturated carbocycles. The predicted molar refractivity (Wildman–Crippen MR) is 74.4 cm³/mol. The molecule has 0 spiro atoms. The van der Waals surface area contributed by atoms with Crippen LogP contribution >= 0.6 is 0 Å². The lowest BCUT2D eigenvalue weighted by Gasteiger charge is -2.29. The van der Waals surface area contributed by atoms with Crippen LogP contribution in [-0.2, 0) is 9.53 Å². The Morgan fingerprint density at radius 2 is 2.19 bits per heavy atom. The number of aliphatic hydroxyl groups excluding tert-OH is 1. The van der Waals surface area contributed by atoms with Crippen LogP contribution in [0.4, 0.5) is 0 Å². The molecular weight excluding hydrogens is 274 g/mol. The molecule has 1 N–H and O–H groups in total. The van der Waals surface area contributed by atoms with Crippen molar-refractivity contribution in [1.29, 1.82) is 0 Å². The van der Waals surface area contributed by atoms with Crippen LogP contribution in [0.3, 0.4) is 0 Å². The normalized spacial score (nSPS) is 22.4. The van der Waals surface area contributed by atoms with Crippen molar-refractivity contribution in [2.75, 3.05) is 32.9 Å². The van der Waals surface area contributed by atoms with Crippen LogP contribution in [0.1, 0.15) is 18.6 Å². The first-order valence-corrected chi connectivity index (χ1v) is 7.13. The highest BCUT2D eigenvalue weighted by Crippen LogP contribution is 2.35. The van der Waals surface area contributed by atoms with Gasteiger partial charge in [-0.1, -0.05) is 0 Å². The molecule has 1 aromatic rings. The largest absolute Gasteiger partial charge is 0.490 e. The number of ether oxygens (including phenoxy) is 3. The number of rotatable bonds is 3. The molecule has 2 heterocycles. The summed E-state index contributed by atoms with van der Waals surface area (Å²) in [4.78, 5) is 14.0. The lowest BCUT2D eigenvalue weighted by Crippen LogP contribution is -2.46. The molecule has 6 heteroatoms. The predicted octanol–water partition coefficient (Wildman–Crippen LogP) is 0.738. The van der Waals surface area contributed by atoms with Gasteiger partial charge < -0.3 is 24.2 Å². The van der Waals surface area contributed by atoms with Crippen LogP contribution in [0.25, 0.3) is 0 Å². The van der Waals surface area contributed by atoms with Crippen molar-refractivity contribution in [1.82, 2.24) is 4.90 Å². The number of carbonyl (C=O) groups excluding carboxylic acids is 1. The van der Waals surface area contributed by atoms with Crippen molar-refractivity contribution >= 4 is 5.91 Å². The maximum Gasteiger partial charge on any atom is 0.263 e. The minimum absolute atomic E-state index is 0.0419. The second-order valence-corrected chi connectivity index (χ2v) is 5.22. The van der Waals surface area contributed by atoms with Gasteiger partial charge in [0.1, 0.15) is 24.2 Å². The maximum atomic E-state index is 12.3. The molecule has 2 unspecified atom stereocenters. The quantitative estimate of drug-likeness (QED) is 0.890. The van der Waals surface area contributed by atoms with Gasteiger partial charge in [0.15, 0.2) is 6.10 Å². The minimum Gasteiger partial charge on any atom is -0.490 e. The highest BCUT2D eigenvalue weighted by molar-refractivity contribution is 5.81. The van der Waals surface area contributed by atoms with Crippen LogP contribution in [0.15, 0.2) is 18.2 Å². The molecule has 2 atom stereocenters. The van der Waals surface area contributed by atoms with Crippen molar-refractivity contribution in [2.45, 2.75) is 19.1 Å². The molecule has 2 aliphatic heterocycles. The van der Waals surface area contributed by atoms with Gasteiger partial charge in [0.05, 0.1) is 13.2 Å². The zero-order valence-corrected chi connectivity index (χ0v) is 11.9. The van der Waals surface area contributed by atoms with Gasteiger partial charge in [0.25, 0.3) is 5.91 Å². The van der Waals surface area contributed by atoms with E-state index in [4.69, 9.17) is 14.2 Å². The van der Waals surface area contributed by atoms with E-state index in [0.717, 1.165) is 5.56 Å². The summed E-state index contributed by atoms with van der Waals surface area (Å²) in [5.41, 5.74) is 0.759. The number of amides is 1. The number of benzene rings is 1. The van der Waals surface area contributed by atoms with E-state index in [1.807, 2.05) is 0 Å². The third-order valence-corrected chi connectivity index (χ3v) is 3.72. The van der Waals surface area contributed by atoms with E-state index < -0.39 is 12.2 Å². The number of aliphatic hydroxyl groups is 1. The Kier molecular flexibility index (Phi) is 3.98. The Morgan fingerprint density at radius 1 is 1.43 bits per heavy atom. The lowest BCUT2D eigenvalue weighted by atomic mass is 10.1. The number of fused-ring (bicyclic) bond motifs is 1. The summed E-state index contributed by atoms with van der Waals surface area (Å²) >= 11 is 0. The Labute approximate surface area is 123 Å². The fourth-order valence-corrected chi connectivity index (χ4v) is 2.54. The van der Waals surface area contributed by atoms with Gasteiger partial charge in [-0.05, 0) is 19.1 Å². The molecule has 3 rings (SSSR count). The van der Waals surface area contributed by atoms with Crippen LogP contribution in [0, 0.1) is 0 Å². The highest BCUT2D eigenvalue weighted by Gasteiger charge is 2.25. The van der Waals surface area contributed by atoms with E-state index in [1.54, 1.807) is 30.0 Å². The summed E-state index contributed by atoms with van der Waals surface area (Å²) in [6, 6.07) is 5.24. The van der Waals surface area contributed by atoms with Gasteiger partial charge in [0.2, 0.25) is 0 Å². The topological polar surface area (TPSA) is 68.2 Å². The molecule has 0 aliphatic carbocycles. The number of carbonyl (C=O) groups is 1. The molecule has 6 nitrogen and oxygen atoms in total. The molecule has 0 radical (unpaired) electrons. The van der Waals surface area contributed by atoms with Crippen molar-refractivity contribution < 1.29 is 24.1 Å². The smallest absolute Gasteiger partial charge is 0.263 e. The molecule has 1 aromatic carbocycles. The molecule has 114 valence electrons. The maximum absolute atomic E-state index is 12.3. The van der Waals surface area contributed by atoms with Crippen molar-refractivity contribution in [3.63, 3.8) is 0 Å². The van der Waals surface area contributed by atoms with E-state index >= 15 is 0 Å². The zero-order valence-electron chi connectivity index (χ0n) is 11.9. The van der Waals surface area contributed by atoms with Crippen LogP contribution in [0.2, 0.25) is 0 Å². The van der Waals surface area contributed by atoms with Crippen LogP contribution in [0.5, 0.6) is 11.5 Å².